The van der Waals surface area contributed by atoms with Crippen molar-refractivity contribution in [1.29, 1.82) is 0 Å². The quantitative estimate of drug-likeness (QED) is 0.652. The number of anilines is 1. The van der Waals surface area contributed by atoms with Crippen molar-refractivity contribution >= 4 is 17.7 Å². The lowest BCUT2D eigenvalue weighted by Crippen LogP contribution is -2.07. The summed E-state index contributed by atoms with van der Waals surface area (Å²) >= 11 is 0. The normalized spacial score (nSPS) is 10.6. The second kappa shape index (κ2) is 8.50. The minimum atomic E-state index is -0.177. The lowest BCUT2D eigenvalue weighted by Gasteiger charge is -2.08. The number of hydrogen-bond acceptors (Lipinski definition) is 2. The molecule has 3 rings (SSSR count). The van der Waals surface area contributed by atoms with Gasteiger partial charge in [0.15, 0.2) is 0 Å². The molecule has 0 aromatic heterocycles. The van der Waals surface area contributed by atoms with Gasteiger partial charge in [-0.1, -0.05) is 66.7 Å². The molecule has 124 valence electrons. The molecule has 0 heterocycles. The third-order valence-corrected chi connectivity index (χ3v) is 3.58. The number of carbonyl (C=O) groups is 1. The van der Waals surface area contributed by atoms with Crippen LogP contribution in [0, 0.1) is 0 Å². The summed E-state index contributed by atoms with van der Waals surface area (Å²) in [4.78, 5) is 12.0. The van der Waals surface area contributed by atoms with Crippen molar-refractivity contribution in [3.8, 4) is 5.75 Å². The van der Waals surface area contributed by atoms with E-state index >= 15 is 0 Å². The highest BCUT2D eigenvalue weighted by atomic mass is 16.5. The minimum absolute atomic E-state index is 0.177. The molecular weight excluding hydrogens is 310 g/mol. The molecule has 0 saturated heterocycles. The monoisotopic (exact) mass is 329 g/mol. The number of carbonyl (C=O) groups excluding carboxylic acids is 1. The largest absolute Gasteiger partial charge is 0.489 e. The first-order valence-electron chi connectivity index (χ1n) is 8.10. The second-order valence-corrected chi connectivity index (χ2v) is 5.54. The Bertz CT molecular complexity index is 842. The molecule has 0 aliphatic heterocycles. The lowest BCUT2D eigenvalue weighted by atomic mass is 10.2. The zero-order valence-corrected chi connectivity index (χ0v) is 13.8. The Morgan fingerprint density at radius 1 is 0.880 bits per heavy atom. The second-order valence-electron chi connectivity index (χ2n) is 5.54. The van der Waals surface area contributed by atoms with Crippen molar-refractivity contribution in [3.63, 3.8) is 0 Å². The van der Waals surface area contributed by atoms with E-state index in [1.807, 2.05) is 84.9 Å². The molecule has 25 heavy (non-hydrogen) atoms. The molecule has 0 atom stereocenters. The Morgan fingerprint density at radius 2 is 1.60 bits per heavy atom. The molecule has 3 heteroatoms. The number of nitrogens with one attached hydrogen (secondary N) is 1. The number of rotatable bonds is 6. The first-order chi connectivity index (χ1) is 12.3. The SMILES string of the molecule is O=C(/C=C/c1ccccc1)Nc1cccc(OCc2ccccc2)c1. The number of benzene rings is 3. The smallest absolute Gasteiger partial charge is 0.248 e. The molecule has 1 N–H and O–H groups in total. The van der Waals surface area contributed by atoms with Gasteiger partial charge < -0.3 is 10.1 Å². The summed E-state index contributed by atoms with van der Waals surface area (Å²) in [7, 11) is 0. The van der Waals surface area contributed by atoms with Crippen molar-refractivity contribution in [3.05, 3.63) is 102 Å². The number of ether oxygens (including phenoxy) is 1. The number of amides is 1. The summed E-state index contributed by atoms with van der Waals surface area (Å²) < 4.78 is 5.77. The highest BCUT2D eigenvalue weighted by Gasteiger charge is 2.01. The minimum Gasteiger partial charge on any atom is -0.489 e. The van der Waals surface area contributed by atoms with Crippen LogP contribution in [0.15, 0.2) is 91.0 Å². The molecule has 3 aromatic carbocycles. The Morgan fingerprint density at radius 3 is 2.36 bits per heavy atom. The van der Waals surface area contributed by atoms with E-state index in [2.05, 4.69) is 5.32 Å². The molecular formula is C22H19NO2. The number of hydrogen-bond donors (Lipinski definition) is 1. The van der Waals surface area contributed by atoms with E-state index in [-0.39, 0.29) is 5.91 Å². The van der Waals surface area contributed by atoms with Gasteiger partial charge in [-0.3, -0.25) is 4.79 Å². The van der Waals surface area contributed by atoms with Crippen LogP contribution < -0.4 is 10.1 Å². The fourth-order valence-corrected chi connectivity index (χ4v) is 2.32. The predicted molar refractivity (Wildman–Crippen MR) is 101 cm³/mol. The van der Waals surface area contributed by atoms with E-state index in [0.717, 1.165) is 11.1 Å². The summed E-state index contributed by atoms with van der Waals surface area (Å²) in [5.74, 6) is 0.540. The molecule has 0 bridgehead atoms. The predicted octanol–water partition coefficient (Wildman–Crippen LogP) is 4.92. The van der Waals surface area contributed by atoms with Crippen LogP contribution in [0.2, 0.25) is 0 Å². The summed E-state index contributed by atoms with van der Waals surface area (Å²) in [5.41, 5.74) is 2.79. The van der Waals surface area contributed by atoms with Crippen LogP contribution >= 0.6 is 0 Å². The van der Waals surface area contributed by atoms with Crippen LogP contribution in [-0.4, -0.2) is 5.91 Å². The van der Waals surface area contributed by atoms with Gasteiger partial charge in [-0.05, 0) is 29.3 Å². The first-order valence-corrected chi connectivity index (χ1v) is 8.10. The molecule has 0 aliphatic rings. The van der Waals surface area contributed by atoms with Crippen LogP contribution in [0.3, 0.4) is 0 Å². The van der Waals surface area contributed by atoms with Gasteiger partial charge in [-0.2, -0.15) is 0 Å². The Balaban J connectivity index is 1.57. The Kier molecular flexibility index (Phi) is 5.62. The van der Waals surface area contributed by atoms with Crippen LogP contribution in [0.4, 0.5) is 5.69 Å². The molecule has 0 unspecified atom stereocenters. The van der Waals surface area contributed by atoms with Gasteiger partial charge in [0.1, 0.15) is 12.4 Å². The summed E-state index contributed by atoms with van der Waals surface area (Å²) in [5, 5.41) is 2.85. The summed E-state index contributed by atoms with van der Waals surface area (Å²) in [6, 6.07) is 27.1. The zero-order valence-electron chi connectivity index (χ0n) is 13.8. The fourth-order valence-electron chi connectivity index (χ4n) is 2.32. The Hall–Kier alpha value is -3.33. The van der Waals surface area contributed by atoms with Gasteiger partial charge in [-0.25, -0.2) is 0 Å². The molecule has 0 saturated carbocycles. The highest BCUT2D eigenvalue weighted by Crippen LogP contribution is 2.18. The molecule has 0 aliphatic carbocycles. The average molecular weight is 329 g/mol. The standard InChI is InChI=1S/C22H19NO2/c24-22(15-14-18-8-3-1-4-9-18)23-20-12-7-13-21(16-20)25-17-19-10-5-2-6-11-19/h1-16H,17H2,(H,23,24)/b15-14+. The molecule has 3 aromatic rings. The van der Waals surface area contributed by atoms with Gasteiger partial charge in [0.25, 0.3) is 0 Å². The van der Waals surface area contributed by atoms with Crippen molar-refractivity contribution in [2.45, 2.75) is 6.61 Å². The van der Waals surface area contributed by atoms with Crippen LogP contribution in [0.1, 0.15) is 11.1 Å². The van der Waals surface area contributed by atoms with Crippen molar-refractivity contribution in [1.82, 2.24) is 0 Å². The van der Waals surface area contributed by atoms with Gasteiger partial charge >= 0.3 is 0 Å². The van der Waals surface area contributed by atoms with Crippen LogP contribution in [0.5, 0.6) is 5.75 Å². The van der Waals surface area contributed by atoms with Crippen LogP contribution in [-0.2, 0) is 11.4 Å². The zero-order chi connectivity index (χ0) is 17.3. The third-order valence-electron chi connectivity index (χ3n) is 3.58. The van der Waals surface area contributed by atoms with Crippen LogP contribution in [0.25, 0.3) is 6.08 Å². The maximum Gasteiger partial charge on any atom is 0.248 e. The molecule has 0 radical (unpaired) electrons. The Labute approximate surface area is 147 Å². The van der Waals surface area contributed by atoms with Gasteiger partial charge in [0.05, 0.1) is 0 Å². The summed E-state index contributed by atoms with van der Waals surface area (Å²) in [6.45, 7) is 0.492. The average Bonchev–Trinajstić information content (AvgIpc) is 2.67. The maximum atomic E-state index is 12.0. The van der Waals surface area contributed by atoms with Gasteiger partial charge in [0, 0.05) is 17.8 Å². The highest BCUT2D eigenvalue weighted by molar-refractivity contribution is 6.02. The third kappa shape index (κ3) is 5.36. The van der Waals surface area contributed by atoms with E-state index in [1.165, 1.54) is 6.08 Å². The topological polar surface area (TPSA) is 38.3 Å². The van der Waals surface area contributed by atoms with E-state index in [1.54, 1.807) is 6.08 Å². The van der Waals surface area contributed by atoms with Gasteiger partial charge in [0.2, 0.25) is 5.91 Å². The summed E-state index contributed by atoms with van der Waals surface area (Å²) in [6.07, 6.45) is 3.30. The molecule has 0 fully saturated rings. The molecule has 3 nitrogen and oxygen atoms in total. The van der Waals surface area contributed by atoms with Crippen molar-refractivity contribution in [2.75, 3.05) is 5.32 Å². The van der Waals surface area contributed by atoms with Crippen molar-refractivity contribution < 1.29 is 9.53 Å². The lowest BCUT2D eigenvalue weighted by molar-refractivity contribution is -0.111. The van der Waals surface area contributed by atoms with E-state index in [0.29, 0.717) is 18.0 Å². The van der Waals surface area contributed by atoms with Gasteiger partial charge in [-0.15, -0.1) is 0 Å². The van der Waals surface area contributed by atoms with Crippen molar-refractivity contribution in [2.24, 2.45) is 0 Å². The van der Waals surface area contributed by atoms with E-state index in [9.17, 15) is 4.79 Å². The molecule has 0 spiro atoms. The van der Waals surface area contributed by atoms with E-state index < -0.39 is 0 Å². The van der Waals surface area contributed by atoms with E-state index in [4.69, 9.17) is 4.74 Å². The first kappa shape index (κ1) is 16.5. The maximum absolute atomic E-state index is 12.0. The fraction of sp³-hybridized carbons (Fsp3) is 0.0455. The molecule has 1 amide bonds.